The van der Waals surface area contributed by atoms with Crippen molar-refractivity contribution in [2.24, 2.45) is 0 Å². The van der Waals surface area contributed by atoms with E-state index in [0.717, 1.165) is 6.08 Å². The van der Waals surface area contributed by atoms with Crippen molar-refractivity contribution in [3.63, 3.8) is 0 Å². The van der Waals surface area contributed by atoms with Crippen molar-refractivity contribution in [2.45, 2.75) is 5.97 Å². The summed E-state index contributed by atoms with van der Waals surface area (Å²) in [6, 6.07) is 0. The fourth-order valence-corrected chi connectivity index (χ4v) is 0.306. The summed E-state index contributed by atoms with van der Waals surface area (Å²) in [7, 11) is 0. The number of hydrogen-bond donors (Lipinski definition) is 1. The van der Waals surface area contributed by atoms with Crippen molar-refractivity contribution in [2.75, 3.05) is 0 Å². The van der Waals surface area contributed by atoms with E-state index in [2.05, 4.69) is 21.1 Å². The van der Waals surface area contributed by atoms with Crippen LogP contribution in [0.25, 0.3) is 0 Å². The summed E-state index contributed by atoms with van der Waals surface area (Å²) < 4.78 is 4.05. The van der Waals surface area contributed by atoms with Gasteiger partial charge < -0.3 is 9.84 Å². The SMILES string of the molecule is C=CC1(OC(=O)O)OO1. The van der Waals surface area contributed by atoms with Gasteiger partial charge in [-0.15, -0.1) is 9.78 Å². The van der Waals surface area contributed by atoms with Gasteiger partial charge in [-0.25, -0.2) is 4.79 Å². The van der Waals surface area contributed by atoms with E-state index in [1.165, 1.54) is 0 Å². The molecule has 0 saturated carbocycles. The minimum atomic E-state index is -1.52. The van der Waals surface area contributed by atoms with Crippen LogP contribution in [-0.4, -0.2) is 17.2 Å². The number of rotatable bonds is 2. The lowest BCUT2D eigenvalue weighted by Crippen LogP contribution is -2.15. The molecule has 5 heteroatoms. The van der Waals surface area contributed by atoms with E-state index in [1.807, 2.05) is 0 Å². The average molecular weight is 132 g/mol. The second-order valence-corrected chi connectivity index (χ2v) is 1.34. The summed E-state index contributed by atoms with van der Waals surface area (Å²) in [4.78, 5) is 18.1. The molecule has 0 aromatic rings. The fourth-order valence-electron chi connectivity index (χ4n) is 0.306. The summed E-state index contributed by atoms with van der Waals surface area (Å²) in [5.41, 5.74) is 0. The first kappa shape index (κ1) is 6.06. The van der Waals surface area contributed by atoms with Crippen molar-refractivity contribution in [1.29, 1.82) is 0 Å². The van der Waals surface area contributed by atoms with Gasteiger partial charge in [-0.05, 0) is 0 Å². The van der Waals surface area contributed by atoms with Gasteiger partial charge in [-0.2, -0.15) is 0 Å². The Kier molecular flexibility index (Phi) is 1.15. The van der Waals surface area contributed by atoms with Crippen molar-refractivity contribution in [1.82, 2.24) is 0 Å². The lowest BCUT2D eigenvalue weighted by molar-refractivity contribution is 0.00513. The number of hydrogen-bond acceptors (Lipinski definition) is 4. The Balaban J connectivity index is 2.42. The molecule has 1 aliphatic rings. The van der Waals surface area contributed by atoms with Gasteiger partial charge in [0.1, 0.15) is 0 Å². The third-order valence-corrected chi connectivity index (χ3v) is 0.727. The van der Waals surface area contributed by atoms with Gasteiger partial charge in [0.2, 0.25) is 0 Å². The third-order valence-electron chi connectivity index (χ3n) is 0.727. The van der Waals surface area contributed by atoms with E-state index in [0.29, 0.717) is 0 Å². The molecule has 0 unspecified atom stereocenters. The van der Waals surface area contributed by atoms with E-state index in [4.69, 9.17) is 5.11 Å². The highest BCUT2D eigenvalue weighted by Crippen LogP contribution is 2.31. The molecule has 0 aliphatic carbocycles. The Labute approximate surface area is 50.4 Å². The van der Waals surface area contributed by atoms with Crippen LogP contribution in [0.2, 0.25) is 0 Å². The topological polar surface area (TPSA) is 71.6 Å². The van der Waals surface area contributed by atoms with Crippen molar-refractivity contribution < 1.29 is 24.4 Å². The molecule has 1 fully saturated rings. The number of carbonyl (C=O) groups is 1. The molecule has 0 spiro atoms. The van der Waals surface area contributed by atoms with Crippen LogP contribution >= 0.6 is 0 Å². The first-order valence-electron chi connectivity index (χ1n) is 2.11. The van der Waals surface area contributed by atoms with Crippen molar-refractivity contribution >= 4 is 6.16 Å². The van der Waals surface area contributed by atoms with Crippen LogP contribution in [0.5, 0.6) is 0 Å². The molecule has 9 heavy (non-hydrogen) atoms. The van der Waals surface area contributed by atoms with Gasteiger partial charge in [0.15, 0.2) is 0 Å². The van der Waals surface area contributed by atoms with Crippen LogP contribution < -0.4 is 0 Å². The Hall–Kier alpha value is -1.07. The highest BCUT2D eigenvalue weighted by Gasteiger charge is 2.51. The van der Waals surface area contributed by atoms with Crippen molar-refractivity contribution in [3.8, 4) is 0 Å². The molecule has 0 amide bonds. The first-order chi connectivity index (χ1) is 4.18. The summed E-state index contributed by atoms with van der Waals surface area (Å²) in [6.45, 7) is 3.21. The largest absolute Gasteiger partial charge is 0.510 e. The number of ether oxygens (including phenoxy) is 1. The lowest BCUT2D eigenvalue weighted by Gasteiger charge is -1.96. The molecule has 1 heterocycles. The second kappa shape index (κ2) is 1.71. The highest BCUT2D eigenvalue weighted by atomic mass is 17.5. The molecule has 1 rings (SSSR count). The quantitative estimate of drug-likeness (QED) is 0.256. The Morgan fingerprint density at radius 2 is 2.33 bits per heavy atom. The Morgan fingerprint density at radius 3 is 2.44 bits per heavy atom. The Morgan fingerprint density at radius 1 is 1.78 bits per heavy atom. The molecule has 1 aliphatic heterocycles. The van der Waals surface area contributed by atoms with Gasteiger partial charge in [0.05, 0.1) is 0 Å². The maximum Gasteiger partial charge on any atom is 0.510 e. The predicted molar refractivity (Wildman–Crippen MR) is 24.2 cm³/mol. The van der Waals surface area contributed by atoms with Gasteiger partial charge in [-0.3, -0.25) is 0 Å². The molecule has 1 N–H and O–H groups in total. The summed E-state index contributed by atoms with van der Waals surface area (Å²) >= 11 is 0. The van der Waals surface area contributed by atoms with Gasteiger partial charge in [0.25, 0.3) is 0 Å². The van der Waals surface area contributed by atoms with Gasteiger partial charge >= 0.3 is 12.1 Å². The minimum absolute atomic E-state index is 1.10. The lowest BCUT2D eigenvalue weighted by atomic mass is 10.6. The summed E-state index contributed by atoms with van der Waals surface area (Å²) in [5, 5.41) is 7.99. The molecular formula is C4H4O5. The summed E-state index contributed by atoms with van der Waals surface area (Å²) in [5.74, 6) is -1.52. The van der Waals surface area contributed by atoms with E-state index in [-0.39, 0.29) is 0 Å². The van der Waals surface area contributed by atoms with E-state index in [9.17, 15) is 4.79 Å². The summed E-state index contributed by atoms with van der Waals surface area (Å²) in [6.07, 6.45) is -0.367. The predicted octanol–water partition coefficient (Wildman–Crippen LogP) is 0.483. The molecule has 0 atom stereocenters. The maximum absolute atomic E-state index is 9.78. The first-order valence-corrected chi connectivity index (χ1v) is 2.11. The smallest absolute Gasteiger partial charge is 0.450 e. The molecular weight excluding hydrogens is 128 g/mol. The van der Waals surface area contributed by atoms with Crippen LogP contribution in [0.3, 0.4) is 0 Å². The monoisotopic (exact) mass is 132 g/mol. The molecule has 5 nitrogen and oxygen atoms in total. The molecule has 1 saturated heterocycles. The Bertz CT molecular complexity index is 147. The van der Waals surface area contributed by atoms with Crippen LogP contribution in [0, 0.1) is 0 Å². The van der Waals surface area contributed by atoms with Crippen LogP contribution in [0.1, 0.15) is 0 Å². The normalized spacial score (nSPS) is 20.4. The average Bonchev–Trinajstić information content (AvgIpc) is 2.48. The zero-order chi connectivity index (χ0) is 6.91. The van der Waals surface area contributed by atoms with Crippen LogP contribution in [0.15, 0.2) is 12.7 Å². The minimum Gasteiger partial charge on any atom is -0.450 e. The maximum atomic E-state index is 9.78. The van der Waals surface area contributed by atoms with E-state index < -0.39 is 12.1 Å². The van der Waals surface area contributed by atoms with Crippen LogP contribution in [0.4, 0.5) is 4.79 Å². The van der Waals surface area contributed by atoms with Crippen LogP contribution in [-0.2, 0) is 14.5 Å². The van der Waals surface area contributed by atoms with Gasteiger partial charge in [0, 0.05) is 6.08 Å². The zero-order valence-corrected chi connectivity index (χ0v) is 4.36. The highest BCUT2D eigenvalue weighted by molar-refractivity contribution is 5.57. The molecule has 0 bridgehead atoms. The standard InChI is InChI=1S/C4H4O5/c1-2-4(8-9-4)7-3(5)6/h2H,1H2,(H,5,6). The van der Waals surface area contributed by atoms with Gasteiger partial charge in [-0.1, -0.05) is 6.58 Å². The fraction of sp³-hybridized carbons (Fsp3) is 0.250. The third kappa shape index (κ3) is 1.18. The molecule has 0 radical (unpaired) electrons. The number of carboxylic acid groups (broad SMARTS) is 1. The van der Waals surface area contributed by atoms with Crippen molar-refractivity contribution in [3.05, 3.63) is 12.7 Å². The van der Waals surface area contributed by atoms with E-state index in [1.54, 1.807) is 0 Å². The molecule has 0 aromatic carbocycles. The zero-order valence-electron chi connectivity index (χ0n) is 4.36. The van der Waals surface area contributed by atoms with E-state index >= 15 is 0 Å². The molecule has 0 aromatic heterocycles. The second-order valence-electron chi connectivity index (χ2n) is 1.34. The molecule has 50 valence electrons.